The molecular formula is C30H47N5O5S. The average Bonchev–Trinajstić information content (AvgIpc) is 3.41. The maximum absolute atomic E-state index is 13.9. The first kappa shape index (κ1) is 31.2. The van der Waals surface area contributed by atoms with Gasteiger partial charge in [0.15, 0.2) is 0 Å². The minimum Gasteiger partial charge on any atom is -0.408 e. The fourth-order valence-corrected chi connectivity index (χ4v) is 5.96. The van der Waals surface area contributed by atoms with Gasteiger partial charge in [-0.25, -0.2) is 0 Å². The Morgan fingerprint density at radius 3 is 2.34 bits per heavy atom. The van der Waals surface area contributed by atoms with Crippen LogP contribution in [0.2, 0.25) is 0 Å². The van der Waals surface area contributed by atoms with E-state index in [4.69, 9.17) is 9.15 Å². The van der Waals surface area contributed by atoms with E-state index < -0.39 is 17.4 Å². The van der Waals surface area contributed by atoms with Crippen molar-refractivity contribution in [2.24, 2.45) is 5.92 Å². The third-order valence-corrected chi connectivity index (χ3v) is 8.34. The highest BCUT2D eigenvalue weighted by atomic mass is 32.2. The van der Waals surface area contributed by atoms with Crippen LogP contribution in [0.3, 0.4) is 0 Å². The molecule has 228 valence electrons. The quantitative estimate of drug-likeness (QED) is 0.267. The van der Waals surface area contributed by atoms with Crippen LogP contribution in [-0.2, 0) is 16.1 Å². The highest BCUT2D eigenvalue weighted by Crippen LogP contribution is 2.30. The summed E-state index contributed by atoms with van der Waals surface area (Å²) in [7, 11) is 0. The van der Waals surface area contributed by atoms with Crippen LogP contribution in [0.5, 0.6) is 0 Å². The summed E-state index contributed by atoms with van der Waals surface area (Å²) >= 11 is 1.38. The van der Waals surface area contributed by atoms with E-state index in [0.717, 1.165) is 57.7 Å². The smallest absolute Gasteiger partial charge is 0.286 e. The lowest BCUT2D eigenvalue weighted by atomic mass is 9.80. The molecule has 0 bridgehead atoms. The van der Waals surface area contributed by atoms with Crippen molar-refractivity contribution >= 4 is 29.4 Å². The number of hydrogen-bond donors (Lipinski definition) is 2. The van der Waals surface area contributed by atoms with Gasteiger partial charge in [0.25, 0.3) is 17.0 Å². The molecule has 1 unspecified atom stereocenters. The fourth-order valence-electron chi connectivity index (χ4n) is 5.34. The number of hydrogen-bond acceptors (Lipinski definition) is 9. The van der Waals surface area contributed by atoms with Crippen molar-refractivity contribution < 1.29 is 26.4 Å². The van der Waals surface area contributed by atoms with E-state index in [9.17, 15) is 14.4 Å². The topological polar surface area (TPSA) is 127 Å². The van der Waals surface area contributed by atoms with Crippen molar-refractivity contribution in [1.29, 1.82) is 0 Å². The number of ether oxygens (including phenoxy) is 1. The second-order valence-electron chi connectivity index (χ2n) is 11.7. The van der Waals surface area contributed by atoms with E-state index in [-0.39, 0.29) is 31.7 Å². The minimum atomic E-state index is -1.09. The number of carbonyl (C=O) groups is 3. The number of nitrogens with zero attached hydrogens (tertiary/aromatic N) is 3. The van der Waals surface area contributed by atoms with E-state index in [0.29, 0.717) is 30.0 Å². The summed E-state index contributed by atoms with van der Waals surface area (Å²) in [5, 5.41) is 14.5. The number of aromatic nitrogens is 2. The van der Waals surface area contributed by atoms with Crippen molar-refractivity contribution in [2.45, 2.75) is 94.8 Å². The van der Waals surface area contributed by atoms with Crippen molar-refractivity contribution in [3.05, 3.63) is 41.3 Å². The number of amides is 2. The number of benzene rings is 1. The summed E-state index contributed by atoms with van der Waals surface area (Å²) in [5.74, 6) is -1.03. The average molecular weight is 590 g/mol. The summed E-state index contributed by atoms with van der Waals surface area (Å²) in [6.07, 6.45) is 4.06. The van der Waals surface area contributed by atoms with Gasteiger partial charge in [-0.1, -0.05) is 70.9 Å². The number of ketones is 1. The fraction of sp³-hybridized carbons (Fsp3) is 0.633. The van der Waals surface area contributed by atoms with Gasteiger partial charge >= 0.3 is 0 Å². The lowest BCUT2D eigenvalue weighted by Gasteiger charge is -2.37. The van der Waals surface area contributed by atoms with Gasteiger partial charge in [-0.15, -0.1) is 10.2 Å². The molecule has 0 radical (unpaired) electrons. The standard InChI is InChI=1S/C30H43N5O5S.2H2/c1-20(2)18-24(25(36)27-33-34-29(40-27)41-21(3)4)31-28(38)30(12-6-5-7-13-30)32-26(37)23-10-8-22(9-11-23)19-35-14-16-39-17-15-35;;/h8-11,20-21,24H,5-7,12-19H2,1-4H3,(H,31,38)(H,32,37);2*1H. The molecule has 2 fully saturated rings. The number of carbonyl (C=O) groups excluding carboxylic acids is 3. The third kappa shape index (κ3) is 8.62. The van der Waals surface area contributed by atoms with Gasteiger partial charge in [0, 0.05) is 33.3 Å². The summed E-state index contributed by atoms with van der Waals surface area (Å²) in [5.41, 5.74) is 0.536. The van der Waals surface area contributed by atoms with Crippen molar-refractivity contribution in [2.75, 3.05) is 26.3 Å². The highest BCUT2D eigenvalue weighted by molar-refractivity contribution is 7.99. The van der Waals surface area contributed by atoms with Crippen molar-refractivity contribution in [3.8, 4) is 0 Å². The van der Waals surface area contributed by atoms with Crippen LogP contribution in [0.25, 0.3) is 0 Å². The van der Waals surface area contributed by atoms with Crippen LogP contribution < -0.4 is 10.6 Å². The molecule has 41 heavy (non-hydrogen) atoms. The maximum atomic E-state index is 13.9. The Labute approximate surface area is 249 Å². The van der Waals surface area contributed by atoms with Gasteiger partial charge < -0.3 is 19.8 Å². The zero-order valence-electron chi connectivity index (χ0n) is 24.6. The molecule has 1 atom stereocenters. The zero-order valence-corrected chi connectivity index (χ0v) is 25.4. The van der Waals surface area contributed by atoms with E-state index >= 15 is 0 Å². The molecule has 10 nitrogen and oxygen atoms in total. The maximum Gasteiger partial charge on any atom is 0.286 e. The largest absolute Gasteiger partial charge is 0.408 e. The van der Waals surface area contributed by atoms with Crippen LogP contribution in [-0.4, -0.2) is 75.8 Å². The highest BCUT2D eigenvalue weighted by Gasteiger charge is 2.43. The molecule has 1 aliphatic heterocycles. The van der Waals surface area contributed by atoms with E-state index in [1.54, 1.807) is 0 Å². The van der Waals surface area contributed by atoms with Crippen LogP contribution in [0, 0.1) is 5.92 Å². The van der Waals surface area contributed by atoms with Crippen LogP contribution in [0.4, 0.5) is 0 Å². The Kier molecular flexibility index (Phi) is 11.0. The second kappa shape index (κ2) is 14.4. The van der Waals surface area contributed by atoms with E-state index in [1.165, 1.54) is 11.8 Å². The summed E-state index contributed by atoms with van der Waals surface area (Å²) in [4.78, 5) is 43.0. The zero-order chi connectivity index (χ0) is 29.4. The Balaban J connectivity index is 0.00000323. The SMILES string of the molecule is CC(C)CC(NC(=O)C1(NC(=O)c2ccc(CN3CCOCC3)cc2)CCCCC1)C(=O)c1nnc(SC(C)C)o1.[HH].[HH]. The Hall–Kier alpha value is -2.76. The molecule has 4 rings (SSSR count). The molecule has 0 spiro atoms. The van der Waals surface area contributed by atoms with Crippen LogP contribution in [0.15, 0.2) is 33.9 Å². The van der Waals surface area contributed by atoms with Gasteiger partial charge in [-0.2, -0.15) is 0 Å². The Bertz CT molecular complexity index is 1180. The molecule has 2 aliphatic rings. The summed E-state index contributed by atoms with van der Waals surface area (Å²) in [6, 6.07) is 6.71. The normalized spacial score (nSPS) is 18.3. The number of Topliss-reactive ketones (excluding diaryl/α,β-unsaturated/α-hetero) is 1. The lowest BCUT2D eigenvalue weighted by Crippen LogP contribution is -2.62. The third-order valence-electron chi connectivity index (χ3n) is 7.50. The predicted molar refractivity (Wildman–Crippen MR) is 161 cm³/mol. The number of thioether (sulfide) groups is 1. The molecule has 1 aromatic carbocycles. The Morgan fingerprint density at radius 1 is 1.02 bits per heavy atom. The first-order valence-electron chi connectivity index (χ1n) is 14.7. The molecule has 1 saturated carbocycles. The summed E-state index contributed by atoms with van der Waals surface area (Å²) < 4.78 is 11.0. The first-order chi connectivity index (χ1) is 19.6. The van der Waals surface area contributed by atoms with Gasteiger partial charge in [0.1, 0.15) is 5.54 Å². The van der Waals surface area contributed by atoms with Gasteiger partial charge in [-0.3, -0.25) is 19.3 Å². The molecule has 1 aliphatic carbocycles. The molecule has 2 aromatic rings. The molecule has 1 saturated heterocycles. The summed E-state index contributed by atoms with van der Waals surface area (Å²) in [6.45, 7) is 12.0. The Morgan fingerprint density at radius 2 is 1.71 bits per heavy atom. The molecule has 1 aromatic heterocycles. The number of nitrogens with one attached hydrogen (secondary N) is 2. The second-order valence-corrected chi connectivity index (χ2v) is 13.3. The number of rotatable bonds is 12. The minimum absolute atomic E-state index is 0. The van der Waals surface area contributed by atoms with E-state index in [1.807, 2.05) is 52.0 Å². The molecule has 2 heterocycles. The van der Waals surface area contributed by atoms with Crippen molar-refractivity contribution in [3.63, 3.8) is 0 Å². The lowest BCUT2D eigenvalue weighted by molar-refractivity contribution is -0.129. The van der Waals surface area contributed by atoms with E-state index in [2.05, 4.69) is 25.7 Å². The molecule has 2 amide bonds. The van der Waals surface area contributed by atoms with Gasteiger partial charge in [0.05, 0.1) is 19.3 Å². The van der Waals surface area contributed by atoms with Gasteiger partial charge in [0.2, 0.25) is 11.7 Å². The van der Waals surface area contributed by atoms with Crippen LogP contribution >= 0.6 is 11.8 Å². The number of morpholine rings is 1. The molecule has 11 heteroatoms. The predicted octanol–water partition coefficient (Wildman–Crippen LogP) is 4.74. The molecular weight excluding hydrogens is 542 g/mol. The molecule has 2 N–H and O–H groups in total. The van der Waals surface area contributed by atoms with Crippen LogP contribution in [0.1, 0.15) is 95.7 Å². The first-order valence-corrected chi connectivity index (χ1v) is 15.6. The van der Waals surface area contributed by atoms with Crippen molar-refractivity contribution in [1.82, 2.24) is 25.7 Å². The van der Waals surface area contributed by atoms with Gasteiger partial charge in [-0.05, 0) is 42.9 Å². The monoisotopic (exact) mass is 589 g/mol.